The average Bonchev–Trinajstić information content (AvgIpc) is 2.76. The van der Waals surface area contributed by atoms with Crippen molar-refractivity contribution in [1.82, 2.24) is 14.7 Å². The fraction of sp³-hybridized carbons (Fsp3) is 0.357. The summed E-state index contributed by atoms with van der Waals surface area (Å²) < 4.78 is 1.95. The van der Waals surface area contributed by atoms with Gasteiger partial charge in [-0.05, 0) is 31.7 Å². The number of hydrogen-bond acceptors (Lipinski definition) is 3. The molecule has 0 atom stereocenters. The summed E-state index contributed by atoms with van der Waals surface area (Å²) in [6.45, 7) is 4.79. The molecule has 1 aromatic carbocycles. The summed E-state index contributed by atoms with van der Waals surface area (Å²) in [5.74, 6) is 0. The molecule has 0 saturated heterocycles. The van der Waals surface area contributed by atoms with Gasteiger partial charge in [0.05, 0.1) is 6.20 Å². The van der Waals surface area contributed by atoms with Crippen molar-refractivity contribution in [3.05, 3.63) is 47.8 Å². The number of benzene rings is 1. The lowest BCUT2D eigenvalue weighted by atomic mass is 10.2. The van der Waals surface area contributed by atoms with Gasteiger partial charge in [-0.2, -0.15) is 5.10 Å². The molecule has 96 valence electrons. The van der Waals surface area contributed by atoms with Crippen molar-refractivity contribution in [2.45, 2.75) is 26.6 Å². The smallest absolute Gasteiger partial charge is 0.0534 e. The van der Waals surface area contributed by atoms with Crippen LogP contribution in [0.1, 0.15) is 18.1 Å². The zero-order valence-corrected chi connectivity index (χ0v) is 11.0. The van der Waals surface area contributed by atoms with Gasteiger partial charge < -0.3 is 5.73 Å². The lowest BCUT2D eigenvalue weighted by molar-refractivity contribution is 0.319. The Balaban J connectivity index is 1.94. The van der Waals surface area contributed by atoms with E-state index in [-0.39, 0.29) is 0 Å². The quantitative estimate of drug-likeness (QED) is 0.819. The normalized spacial score (nSPS) is 11.1. The van der Waals surface area contributed by atoms with Gasteiger partial charge in [-0.25, -0.2) is 0 Å². The standard InChI is InChI=1S/C14H20N4/c1-3-18-11-13(8-16-18)10-17(2)9-12-5-4-6-14(15)7-12/h4-8,11H,3,9-10,15H2,1-2H3. The molecule has 0 spiro atoms. The first-order valence-corrected chi connectivity index (χ1v) is 6.21. The highest BCUT2D eigenvalue weighted by Gasteiger charge is 2.04. The molecule has 18 heavy (non-hydrogen) atoms. The van der Waals surface area contributed by atoms with E-state index in [0.29, 0.717) is 0 Å². The third kappa shape index (κ3) is 3.34. The van der Waals surface area contributed by atoms with E-state index < -0.39 is 0 Å². The Bertz CT molecular complexity index is 504. The minimum absolute atomic E-state index is 0.819. The molecule has 2 aromatic rings. The highest BCUT2D eigenvalue weighted by molar-refractivity contribution is 5.40. The second-order valence-electron chi connectivity index (χ2n) is 4.62. The number of hydrogen-bond donors (Lipinski definition) is 1. The molecule has 0 aliphatic heterocycles. The Labute approximate surface area is 108 Å². The van der Waals surface area contributed by atoms with E-state index in [1.54, 1.807) is 0 Å². The topological polar surface area (TPSA) is 47.1 Å². The summed E-state index contributed by atoms with van der Waals surface area (Å²) in [6.07, 6.45) is 4.02. The molecule has 4 nitrogen and oxygen atoms in total. The maximum Gasteiger partial charge on any atom is 0.0534 e. The number of anilines is 1. The lowest BCUT2D eigenvalue weighted by Gasteiger charge is -2.15. The van der Waals surface area contributed by atoms with Gasteiger partial charge in [0.15, 0.2) is 0 Å². The van der Waals surface area contributed by atoms with Crippen LogP contribution in [0.5, 0.6) is 0 Å². The van der Waals surface area contributed by atoms with E-state index in [0.717, 1.165) is 25.3 Å². The molecule has 0 fully saturated rings. The van der Waals surface area contributed by atoms with Gasteiger partial charge in [-0.1, -0.05) is 12.1 Å². The minimum Gasteiger partial charge on any atom is -0.399 e. The van der Waals surface area contributed by atoms with E-state index in [4.69, 9.17) is 5.73 Å². The van der Waals surface area contributed by atoms with Crippen molar-refractivity contribution in [3.8, 4) is 0 Å². The molecule has 4 heteroatoms. The van der Waals surface area contributed by atoms with Gasteiger partial charge in [-0.3, -0.25) is 9.58 Å². The Hall–Kier alpha value is -1.81. The second-order valence-corrected chi connectivity index (χ2v) is 4.62. The number of nitrogens with two attached hydrogens (primary N) is 1. The third-order valence-corrected chi connectivity index (χ3v) is 2.87. The van der Waals surface area contributed by atoms with Crippen molar-refractivity contribution >= 4 is 5.69 Å². The van der Waals surface area contributed by atoms with Crippen LogP contribution in [-0.2, 0) is 19.6 Å². The van der Waals surface area contributed by atoms with E-state index in [1.165, 1.54) is 11.1 Å². The van der Waals surface area contributed by atoms with Gasteiger partial charge in [0.1, 0.15) is 0 Å². The average molecular weight is 244 g/mol. The molecule has 0 radical (unpaired) electrons. The van der Waals surface area contributed by atoms with Gasteiger partial charge >= 0.3 is 0 Å². The summed E-state index contributed by atoms with van der Waals surface area (Å²) in [6, 6.07) is 8.02. The largest absolute Gasteiger partial charge is 0.399 e. The van der Waals surface area contributed by atoms with Crippen LogP contribution < -0.4 is 5.73 Å². The fourth-order valence-corrected chi connectivity index (χ4v) is 2.03. The van der Waals surface area contributed by atoms with Crippen LogP contribution in [0.25, 0.3) is 0 Å². The van der Waals surface area contributed by atoms with Crippen LogP contribution in [0.3, 0.4) is 0 Å². The SMILES string of the molecule is CCn1cc(CN(C)Cc2cccc(N)c2)cn1. The minimum atomic E-state index is 0.819. The zero-order chi connectivity index (χ0) is 13.0. The highest BCUT2D eigenvalue weighted by atomic mass is 15.3. The molecule has 1 aromatic heterocycles. The van der Waals surface area contributed by atoms with Crippen LogP contribution in [0.15, 0.2) is 36.7 Å². The highest BCUT2D eigenvalue weighted by Crippen LogP contribution is 2.10. The van der Waals surface area contributed by atoms with E-state index in [2.05, 4.69) is 36.2 Å². The van der Waals surface area contributed by atoms with Crippen molar-refractivity contribution < 1.29 is 0 Å². The molecule has 0 aliphatic carbocycles. The van der Waals surface area contributed by atoms with Crippen molar-refractivity contribution in [2.24, 2.45) is 0 Å². The summed E-state index contributed by atoms with van der Waals surface area (Å²) >= 11 is 0. The monoisotopic (exact) mass is 244 g/mol. The summed E-state index contributed by atoms with van der Waals surface area (Å²) in [5, 5.41) is 4.28. The molecule has 2 N–H and O–H groups in total. The predicted octanol–water partition coefficient (Wildman–Crippen LogP) is 2.12. The summed E-state index contributed by atoms with van der Waals surface area (Å²) in [7, 11) is 2.10. The lowest BCUT2D eigenvalue weighted by Crippen LogP contribution is -2.17. The van der Waals surface area contributed by atoms with Crippen LogP contribution >= 0.6 is 0 Å². The molecule has 0 bridgehead atoms. The van der Waals surface area contributed by atoms with Crippen LogP contribution in [0.4, 0.5) is 5.69 Å². The number of aromatic nitrogens is 2. The predicted molar refractivity (Wildman–Crippen MR) is 73.9 cm³/mol. The van der Waals surface area contributed by atoms with Crippen molar-refractivity contribution in [3.63, 3.8) is 0 Å². The fourth-order valence-electron chi connectivity index (χ4n) is 2.03. The zero-order valence-electron chi connectivity index (χ0n) is 11.0. The van der Waals surface area contributed by atoms with Crippen LogP contribution in [0, 0.1) is 0 Å². The first-order valence-electron chi connectivity index (χ1n) is 6.21. The number of nitrogens with zero attached hydrogens (tertiary/aromatic N) is 3. The number of aryl methyl sites for hydroxylation is 1. The number of rotatable bonds is 5. The van der Waals surface area contributed by atoms with Crippen molar-refractivity contribution in [1.29, 1.82) is 0 Å². The maximum atomic E-state index is 5.78. The van der Waals surface area contributed by atoms with Gasteiger partial charge in [-0.15, -0.1) is 0 Å². The Morgan fingerprint density at radius 2 is 2.06 bits per heavy atom. The molecular formula is C14H20N4. The van der Waals surface area contributed by atoms with Gasteiger partial charge in [0.2, 0.25) is 0 Å². The summed E-state index contributed by atoms with van der Waals surface area (Å²) in [5.41, 5.74) is 9.07. The van der Waals surface area contributed by atoms with Crippen molar-refractivity contribution in [2.75, 3.05) is 12.8 Å². The van der Waals surface area contributed by atoms with Gasteiger partial charge in [0.25, 0.3) is 0 Å². The van der Waals surface area contributed by atoms with E-state index in [1.807, 2.05) is 29.1 Å². The molecule has 0 unspecified atom stereocenters. The van der Waals surface area contributed by atoms with E-state index >= 15 is 0 Å². The maximum absolute atomic E-state index is 5.78. The van der Waals surface area contributed by atoms with Crippen LogP contribution in [-0.4, -0.2) is 21.7 Å². The molecule has 2 rings (SSSR count). The van der Waals surface area contributed by atoms with E-state index in [9.17, 15) is 0 Å². The third-order valence-electron chi connectivity index (χ3n) is 2.87. The second kappa shape index (κ2) is 5.69. The summed E-state index contributed by atoms with van der Waals surface area (Å²) in [4.78, 5) is 2.26. The first-order chi connectivity index (χ1) is 8.67. The van der Waals surface area contributed by atoms with Gasteiger partial charge in [0, 0.05) is 37.1 Å². The molecular weight excluding hydrogens is 224 g/mol. The number of nitrogen functional groups attached to an aromatic ring is 1. The Morgan fingerprint density at radius 1 is 1.28 bits per heavy atom. The van der Waals surface area contributed by atoms with Crippen LogP contribution in [0.2, 0.25) is 0 Å². The molecule has 0 aliphatic rings. The molecule has 0 saturated carbocycles. The molecule has 0 amide bonds. The molecule has 1 heterocycles. The Morgan fingerprint density at radius 3 is 2.72 bits per heavy atom. The first kappa shape index (κ1) is 12.6. The Kier molecular flexibility index (Phi) is 3.99.